The Kier molecular flexibility index (Phi) is 6.76. The Bertz CT molecular complexity index is 1350. The molecule has 1 aliphatic rings. The lowest BCUT2D eigenvalue weighted by Gasteiger charge is -2.27. The number of H-pyrrole nitrogens is 1. The van der Waals surface area contributed by atoms with Crippen LogP contribution in [-0.2, 0) is 6.42 Å². The minimum atomic E-state index is -0.291. The van der Waals surface area contributed by atoms with Crippen molar-refractivity contribution in [3.63, 3.8) is 0 Å². The van der Waals surface area contributed by atoms with Crippen molar-refractivity contribution < 1.29 is 14.3 Å². The molecule has 1 N–H and O–H groups in total. The fourth-order valence-corrected chi connectivity index (χ4v) is 4.84. The van der Waals surface area contributed by atoms with Gasteiger partial charge in [0.2, 0.25) is 0 Å². The summed E-state index contributed by atoms with van der Waals surface area (Å²) in [5.41, 5.74) is 6.58. The lowest BCUT2D eigenvalue weighted by atomic mass is 9.95. The molecular formula is C30H31N3O3. The molecule has 1 amide bonds. The summed E-state index contributed by atoms with van der Waals surface area (Å²) in [6.45, 7) is 7.63. The van der Waals surface area contributed by atoms with Crippen LogP contribution in [0.4, 0.5) is 0 Å². The van der Waals surface area contributed by atoms with E-state index >= 15 is 0 Å². The number of aromatic nitrogens is 2. The van der Waals surface area contributed by atoms with Crippen LogP contribution in [0.15, 0.2) is 72.8 Å². The number of hydrogen-bond acceptors (Lipinski definition) is 4. The van der Waals surface area contributed by atoms with Gasteiger partial charge in [-0.05, 0) is 50.5 Å². The molecule has 0 aliphatic carbocycles. The number of rotatable bonds is 9. The van der Waals surface area contributed by atoms with Crippen LogP contribution in [0.2, 0.25) is 0 Å². The average molecular weight is 482 g/mol. The van der Waals surface area contributed by atoms with Crippen LogP contribution in [0, 0.1) is 6.92 Å². The Labute approximate surface area is 211 Å². The van der Waals surface area contributed by atoms with Crippen molar-refractivity contribution in [2.75, 3.05) is 19.8 Å². The molecular weight excluding hydrogens is 450 g/mol. The number of carbonyl (C=O) groups is 1. The number of ether oxygens (including phenoxy) is 2. The maximum absolute atomic E-state index is 13.7. The van der Waals surface area contributed by atoms with Gasteiger partial charge in [0.05, 0.1) is 24.9 Å². The number of hydrogen-bond donors (Lipinski definition) is 1. The van der Waals surface area contributed by atoms with Crippen LogP contribution in [0.25, 0.3) is 11.3 Å². The van der Waals surface area contributed by atoms with E-state index in [0.717, 1.165) is 28.8 Å². The van der Waals surface area contributed by atoms with Crippen molar-refractivity contribution in [2.45, 2.75) is 33.2 Å². The normalized spacial score (nSPS) is 14.7. The van der Waals surface area contributed by atoms with Crippen LogP contribution in [0.3, 0.4) is 0 Å². The smallest absolute Gasteiger partial charge is 0.273 e. The third-order valence-electron chi connectivity index (χ3n) is 6.56. The van der Waals surface area contributed by atoms with Gasteiger partial charge >= 0.3 is 0 Å². The lowest BCUT2D eigenvalue weighted by molar-refractivity contribution is 0.0745. The van der Waals surface area contributed by atoms with Gasteiger partial charge in [-0.25, -0.2) is 0 Å². The summed E-state index contributed by atoms with van der Waals surface area (Å²) < 4.78 is 11.7. The van der Waals surface area contributed by atoms with Crippen LogP contribution in [0.5, 0.6) is 11.5 Å². The highest BCUT2D eigenvalue weighted by Crippen LogP contribution is 2.44. The molecule has 0 spiro atoms. The fraction of sp³-hybridized carbons (Fsp3) is 0.267. The number of nitrogens with one attached hydrogen (secondary N) is 1. The Morgan fingerprint density at radius 2 is 1.64 bits per heavy atom. The first kappa shape index (κ1) is 23.7. The first-order valence-corrected chi connectivity index (χ1v) is 12.5. The molecule has 0 saturated heterocycles. The second kappa shape index (κ2) is 10.3. The van der Waals surface area contributed by atoms with Gasteiger partial charge in [-0.3, -0.25) is 9.89 Å². The monoisotopic (exact) mass is 481 g/mol. The lowest BCUT2D eigenvalue weighted by Crippen LogP contribution is -2.31. The molecule has 2 heterocycles. The summed E-state index contributed by atoms with van der Waals surface area (Å²) >= 11 is 0. The van der Waals surface area contributed by atoms with Gasteiger partial charge in [0.1, 0.15) is 5.69 Å². The Balaban J connectivity index is 1.60. The van der Waals surface area contributed by atoms with Crippen molar-refractivity contribution in [3.05, 3.63) is 101 Å². The predicted molar refractivity (Wildman–Crippen MR) is 141 cm³/mol. The molecule has 184 valence electrons. The molecule has 6 heteroatoms. The van der Waals surface area contributed by atoms with Crippen molar-refractivity contribution in [1.29, 1.82) is 0 Å². The van der Waals surface area contributed by atoms with Gasteiger partial charge in [0, 0.05) is 17.7 Å². The van der Waals surface area contributed by atoms with Gasteiger partial charge in [-0.2, -0.15) is 5.10 Å². The molecule has 0 radical (unpaired) electrons. The fourth-order valence-electron chi connectivity index (χ4n) is 4.84. The zero-order valence-electron chi connectivity index (χ0n) is 21.0. The molecule has 36 heavy (non-hydrogen) atoms. The molecule has 1 aromatic heterocycles. The van der Waals surface area contributed by atoms with E-state index in [2.05, 4.69) is 53.5 Å². The van der Waals surface area contributed by atoms with Gasteiger partial charge in [0.15, 0.2) is 11.5 Å². The third kappa shape index (κ3) is 4.47. The molecule has 4 aromatic rings. The molecule has 5 rings (SSSR count). The van der Waals surface area contributed by atoms with Gasteiger partial charge in [-0.15, -0.1) is 0 Å². The summed E-state index contributed by atoms with van der Waals surface area (Å²) in [5, 5.41) is 7.65. The number of nitrogens with zero attached hydrogens (tertiary/aromatic N) is 2. The first-order valence-electron chi connectivity index (χ1n) is 12.5. The van der Waals surface area contributed by atoms with E-state index in [1.807, 2.05) is 55.1 Å². The van der Waals surface area contributed by atoms with Gasteiger partial charge < -0.3 is 14.4 Å². The molecule has 3 aromatic carbocycles. The van der Waals surface area contributed by atoms with E-state index < -0.39 is 0 Å². The number of aryl methyl sites for hydroxylation is 1. The van der Waals surface area contributed by atoms with E-state index in [-0.39, 0.29) is 11.9 Å². The summed E-state index contributed by atoms with van der Waals surface area (Å²) in [4.78, 5) is 15.6. The Morgan fingerprint density at radius 3 is 2.36 bits per heavy atom. The van der Waals surface area contributed by atoms with Crippen molar-refractivity contribution in [1.82, 2.24) is 15.1 Å². The molecule has 0 fully saturated rings. The SMILES string of the molecule is CCOc1ccc(C2c3c(-c4ccc(C)cc4)n[nH]c3C(=O)N2CCc2ccccc2)cc1OCC. The van der Waals surface area contributed by atoms with E-state index in [1.165, 1.54) is 11.1 Å². The van der Waals surface area contributed by atoms with Crippen LogP contribution in [-0.4, -0.2) is 40.8 Å². The summed E-state index contributed by atoms with van der Waals surface area (Å²) in [7, 11) is 0. The standard InChI is InChI=1S/C30H31N3O3/c1-4-35-24-16-15-23(19-25(24)36-5-2)29-26-27(22-13-11-20(3)12-14-22)31-32-28(26)30(34)33(29)18-17-21-9-7-6-8-10-21/h6-16,19,29H,4-5,17-18H2,1-3H3,(H,31,32). The molecule has 1 aliphatic heterocycles. The maximum atomic E-state index is 13.7. The number of fused-ring (bicyclic) bond motifs is 1. The number of carbonyl (C=O) groups excluding carboxylic acids is 1. The highest BCUT2D eigenvalue weighted by Gasteiger charge is 2.42. The topological polar surface area (TPSA) is 67.5 Å². The molecule has 0 saturated carbocycles. The summed E-state index contributed by atoms with van der Waals surface area (Å²) in [6, 6.07) is 24.2. The van der Waals surface area contributed by atoms with Crippen LogP contribution < -0.4 is 9.47 Å². The zero-order valence-corrected chi connectivity index (χ0v) is 21.0. The minimum Gasteiger partial charge on any atom is -0.490 e. The van der Waals surface area contributed by atoms with Crippen LogP contribution >= 0.6 is 0 Å². The number of amides is 1. The van der Waals surface area contributed by atoms with Gasteiger partial charge in [0.25, 0.3) is 5.91 Å². The molecule has 0 bridgehead atoms. The largest absolute Gasteiger partial charge is 0.490 e. The minimum absolute atomic E-state index is 0.0383. The number of benzene rings is 3. The number of aromatic amines is 1. The van der Waals surface area contributed by atoms with E-state index in [9.17, 15) is 4.79 Å². The molecule has 1 unspecified atom stereocenters. The second-order valence-corrected chi connectivity index (χ2v) is 8.94. The van der Waals surface area contributed by atoms with Crippen molar-refractivity contribution in [2.24, 2.45) is 0 Å². The Hall–Kier alpha value is -4.06. The molecule has 6 nitrogen and oxygen atoms in total. The van der Waals surface area contributed by atoms with E-state index in [0.29, 0.717) is 37.0 Å². The highest BCUT2D eigenvalue weighted by atomic mass is 16.5. The predicted octanol–water partition coefficient (Wildman–Crippen LogP) is 5.97. The quantitative estimate of drug-likeness (QED) is 0.320. The molecule has 1 atom stereocenters. The third-order valence-corrected chi connectivity index (χ3v) is 6.56. The summed E-state index contributed by atoms with van der Waals surface area (Å²) in [6.07, 6.45) is 0.760. The average Bonchev–Trinajstić information content (AvgIpc) is 3.44. The first-order chi connectivity index (χ1) is 17.6. The highest BCUT2D eigenvalue weighted by molar-refractivity contribution is 6.00. The summed E-state index contributed by atoms with van der Waals surface area (Å²) in [5.74, 6) is 1.35. The maximum Gasteiger partial charge on any atom is 0.273 e. The van der Waals surface area contributed by atoms with E-state index in [4.69, 9.17) is 9.47 Å². The second-order valence-electron chi connectivity index (χ2n) is 8.94. The van der Waals surface area contributed by atoms with Crippen molar-refractivity contribution >= 4 is 5.91 Å². The van der Waals surface area contributed by atoms with Gasteiger partial charge in [-0.1, -0.05) is 66.2 Å². The zero-order chi connectivity index (χ0) is 25.1. The Morgan fingerprint density at radius 1 is 0.917 bits per heavy atom. The van der Waals surface area contributed by atoms with E-state index in [1.54, 1.807) is 0 Å². The van der Waals surface area contributed by atoms with Crippen molar-refractivity contribution in [3.8, 4) is 22.8 Å². The van der Waals surface area contributed by atoms with Crippen LogP contribution in [0.1, 0.15) is 52.6 Å².